The summed E-state index contributed by atoms with van der Waals surface area (Å²) in [5.41, 5.74) is 0. The highest BCUT2D eigenvalue weighted by Crippen LogP contribution is 2.19. The fourth-order valence-electron chi connectivity index (χ4n) is 0.285. The molecule has 0 heterocycles. The zero-order valence-corrected chi connectivity index (χ0v) is 4.61. The molecule has 0 fully saturated rings. The summed E-state index contributed by atoms with van der Waals surface area (Å²) in [6, 6.07) is 0. The van der Waals surface area contributed by atoms with Gasteiger partial charge in [-0.25, -0.2) is 5.11 Å². The van der Waals surface area contributed by atoms with Gasteiger partial charge in [-0.05, 0) is 0 Å². The van der Waals surface area contributed by atoms with Gasteiger partial charge >= 0.3 is 6.18 Å². The predicted molar refractivity (Wildman–Crippen MR) is 25.4 cm³/mol. The number of halogens is 3. The van der Waals surface area contributed by atoms with E-state index in [-0.39, 0.29) is 0 Å². The molecule has 0 spiro atoms. The van der Waals surface area contributed by atoms with Crippen molar-refractivity contribution in [3.8, 4) is 0 Å². The number of rotatable bonds is 2. The van der Waals surface area contributed by atoms with Crippen LogP contribution in [0, 0.1) is 0 Å². The Morgan fingerprint density at radius 3 is 2.11 bits per heavy atom. The molecule has 9 heavy (non-hydrogen) atoms. The van der Waals surface area contributed by atoms with Crippen molar-refractivity contribution in [1.82, 2.24) is 0 Å². The summed E-state index contributed by atoms with van der Waals surface area (Å²) in [5.74, 6) is 0. The first-order valence-electron chi connectivity index (χ1n) is 2.36. The largest absolute Gasteiger partial charge is 0.392 e. The van der Waals surface area contributed by atoms with Gasteiger partial charge in [0.1, 0.15) is 6.61 Å². The molecular weight excluding hydrogens is 133 g/mol. The maximum atomic E-state index is 11.2. The van der Waals surface area contributed by atoms with E-state index >= 15 is 0 Å². The van der Waals surface area contributed by atoms with Gasteiger partial charge < -0.3 is 0 Å². The van der Waals surface area contributed by atoms with E-state index in [0.29, 0.717) is 0 Å². The van der Waals surface area contributed by atoms with Crippen LogP contribution in [0.1, 0.15) is 6.42 Å². The van der Waals surface area contributed by atoms with Gasteiger partial charge in [0, 0.05) is 0 Å². The van der Waals surface area contributed by atoms with Gasteiger partial charge in [-0.15, -0.1) is 0 Å². The molecule has 4 heteroatoms. The van der Waals surface area contributed by atoms with Crippen LogP contribution in [0.2, 0.25) is 0 Å². The van der Waals surface area contributed by atoms with Crippen LogP contribution >= 0.6 is 0 Å². The highest BCUT2D eigenvalue weighted by atomic mass is 19.4. The van der Waals surface area contributed by atoms with Crippen molar-refractivity contribution in [2.24, 2.45) is 0 Å². The van der Waals surface area contributed by atoms with E-state index in [2.05, 4.69) is 0 Å². The van der Waals surface area contributed by atoms with Crippen molar-refractivity contribution in [3.05, 3.63) is 12.2 Å². The molecule has 0 N–H and O–H groups in total. The third kappa shape index (κ3) is 7.49. The zero-order chi connectivity index (χ0) is 7.33. The molecule has 0 aliphatic rings. The van der Waals surface area contributed by atoms with Gasteiger partial charge in [-0.2, -0.15) is 13.2 Å². The summed E-state index contributed by atoms with van der Waals surface area (Å²) in [5, 5.41) is 9.56. The minimum Gasteiger partial charge on any atom is -0.232 e. The second-order valence-corrected chi connectivity index (χ2v) is 1.46. The quantitative estimate of drug-likeness (QED) is 0.521. The Morgan fingerprint density at radius 2 is 1.78 bits per heavy atom. The lowest BCUT2D eigenvalue weighted by Gasteiger charge is -1.98. The zero-order valence-electron chi connectivity index (χ0n) is 4.61. The van der Waals surface area contributed by atoms with Gasteiger partial charge in [-0.3, -0.25) is 0 Å². The molecule has 0 saturated heterocycles. The summed E-state index contributed by atoms with van der Waals surface area (Å²) in [4.78, 5) is 0. The Bertz CT molecular complexity index is 94.9. The van der Waals surface area contributed by atoms with E-state index in [9.17, 15) is 18.3 Å². The van der Waals surface area contributed by atoms with E-state index in [0.717, 1.165) is 12.2 Å². The third-order valence-corrected chi connectivity index (χ3v) is 0.612. The van der Waals surface area contributed by atoms with Crippen LogP contribution in [0.5, 0.6) is 0 Å². The lowest BCUT2D eigenvalue weighted by atomic mass is 10.4. The van der Waals surface area contributed by atoms with Gasteiger partial charge in [0.25, 0.3) is 0 Å². The van der Waals surface area contributed by atoms with Gasteiger partial charge in [0.05, 0.1) is 6.42 Å². The molecule has 0 saturated carbocycles. The Labute approximate surface area is 50.8 Å². The van der Waals surface area contributed by atoms with Crippen molar-refractivity contribution in [3.63, 3.8) is 0 Å². The second-order valence-electron chi connectivity index (χ2n) is 1.46. The summed E-state index contributed by atoms with van der Waals surface area (Å²) in [6.45, 7) is -0.587. The van der Waals surface area contributed by atoms with Crippen molar-refractivity contribution in [1.29, 1.82) is 0 Å². The number of allylic oxidation sites excluding steroid dienone is 1. The SMILES string of the molecule is [O]CC=CCC(F)(F)F. The van der Waals surface area contributed by atoms with Crippen LogP contribution in [-0.4, -0.2) is 12.8 Å². The number of hydrogen-bond acceptors (Lipinski definition) is 0. The highest BCUT2D eigenvalue weighted by molar-refractivity contribution is 4.82. The van der Waals surface area contributed by atoms with Crippen LogP contribution in [0.4, 0.5) is 13.2 Å². The molecule has 0 aliphatic carbocycles. The minimum absolute atomic E-state index is 0.587. The minimum atomic E-state index is -4.17. The fourth-order valence-corrected chi connectivity index (χ4v) is 0.285. The van der Waals surface area contributed by atoms with Crippen molar-refractivity contribution in [2.75, 3.05) is 6.61 Å². The molecule has 0 bridgehead atoms. The summed E-state index contributed by atoms with van der Waals surface area (Å²) < 4.78 is 33.7. The van der Waals surface area contributed by atoms with Crippen molar-refractivity contribution < 1.29 is 18.3 Å². The van der Waals surface area contributed by atoms with Crippen LogP contribution in [-0.2, 0) is 5.11 Å². The first-order valence-corrected chi connectivity index (χ1v) is 2.36. The molecule has 0 aliphatic heterocycles. The molecule has 0 aromatic heterocycles. The molecule has 0 unspecified atom stereocenters. The van der Waals surface area contributed by atoms with E-state index in [4.69, 9.17) is 0 Å². The first kappa shape index (κ1) is 8.49. The van der Waals surface area contributed by atoms with Crippen molar-refractivity contribution in [2.45, 2.75) is 12.6 Å². The molecule has 1 nitrogen and oxygen atoms in total. The molecule has 1 radical (unpaired) electrons. The fraction of sp³-hybridized carbons (Fsp3) is 0.600. The second kappa shape index (κ2) is 3.50. The van der Waals surface area contributed by atoms with E-state index in [1.165, 1.54) is 0 Å². The molecule has 0 rings (SSSR count). The topological polar surface area (TPSA) is 19.9 Å². The number of hydrogen-bond donors (Lipinski definition) is 0. The maximum absolute atomic E-state index is 11.2. The Balaban J connectivity index is 3.38. The van der Waals surface area contributed by atoms with Crippen LogP contribution < -0.4 is 0 Å². The standard InChI is InChI=1S/C5H6F3O/c6-5(7,8)3-1-2-4-9/h1-2H,3-4H2. The third-order valence-electron chi connectivity index (χ3n) is 0.612. The predicted octanol–water partition coefficient (Wildman–Crippen LogP) is 1.93. The molecular formula is C5H6F3O. The number of alkyl halides is 3. The van der Waals surface area contributed by atoms with E-state index in [1.807, 2.05) is 0 Å². The monoisotopic (exact) mass is 139 g/mol. The molecule has 0 atom stereocenters. The smallest absolute Gasteiger partial charge is 0.232 e. The van der Waals surface area contributed by atoms with Gasteiger partial charge in [0.15, 0.2) is 0 Å². The van der Waals surface area contributed by atoms with Crippen LogP contribution in [0.25, 0.3) is 0 Å². The lowest BCUT2D eigenvalue weighted by Crippen LogP contribution is -2.04. The highest BCUT2D eigenvalue weighted by Gasteiger charge is 2.24. The van der Waals surface area contributed by atoms with Crippen molar-refractivity contribution >= 4 is 0 Å². The van der Waals surface area contributed by atoms with Gasteiger partial charge in [0.2, 0.25) is 0 Å². The normalized spacial score (nSPS) is 12.9. The summed E-state index contributed by atoms with van der Waals surface area (Å²) in [7, 11) is 0. The molecule has 0 aromatic carbocycles. The molecule has 53 valence electrons. The Morgan fingerprint density at radius 1 is 1.22 bits per heavy atom. The first-order chi connectivity index (χ1) is 4.06. The average Bonchev–Trinajstić information content (AvgIpc) is 1.63. The maximum Gasteiger partial charge on any atom is 0.392 e. The average molecular weight is 139 g/mol. The lowest BCUT2D eigenvalue weighted by molar-refractivity contribution is -0.125. The molecule has 0 aromatic rings. The summed E-state index contributed by atoms with van der Waals surface area (Å²) in [6.07, 6.45) is -3.40. The van der Waals surface area contributed by atoms with Crippen LogP contribution in [0.15, 0.2) is 12.2 Å². The van der Waals surface area contributed by atoms with E-state index < -0.39 is 19.2 Å². The Kier molecular flexibility index (Phi) is 3.30. The van der Waals surface area contributed by atoms with E-state index in [1.54, 1.807) is 0 Å². The molecule has 0 amide bonds. The van der Waals surface area contributed by atoms with Crippen LogP contribution in [0.3, 0.4) is 0 Å². The van der Waals surface area contributed by atoms with Gasteiger partial charge in [-0.1, -0.05) is 12.2 Å². The Hall–Kier alpha value is -0.510. The summed E-state index contributed by atoms with van der Waals surface area (Å²) >= 11 is 0.